The van der Waals surface area contributed by atoms with E-state index in [0.717, 1.165) is 4.31 Å². The first-order valence-electron chi connectivity index (χ1n) is 5.98. The molecule has 1 aromatic carbocycles. The Bertz CT molecular complexity index is 805. The fraction of sp³-hybridized carbons (Fsp3) is 0.250. The fourth-order valence-corrected chi connectivity index (χ4v) is 3.02. The monoisotopic (exact) mass is 306 g/mol. The van der Waals surface area contributed by atoms with E-state index in [-0.39, 0.29) is 17.0 Å². The Morgan fingerprint density at radius 2 is 2.19 bits per heavy atom. The van der Waals surface area contributed by atoms with Gasteiger partial charge in [-0.15, -0.1) is 0 Å². The van der Waals surface area contributed by atoms with Crippen molar-refractivity contribution < 1.29 is 8.42 Å². The molecule has 0 unspecified atom stereocenters. The lowest BCUT2D eigenvalue weighted by atomic mass is 10.2. The third kappa shape index (κ3) is 3.01. The van der Waals surface area contributed by atoms with Crippen molar-refractivity contribution in [2.45, 2.75) is 18.4 Å². The van der Waals surface area contributed by atoms with Gasteiger partial charge in [-0.05, 0) is 25.1 Å². The Morgan fingerprint density at radius 3 is 2.76 bits per heavy atom. The number of hydrogen-bond acceptors (Lipinski definition) is 6. The SMILES string of the molecule is Cc1nc(CN(C)S(=O)(=O)c2ccc(N)cc2C#N)n[nH]1. The molecular weight excluding hydrogens is 292 g/mol. The fourth-order valence-electron chi connectivity index (χ4n) is 1.77. The summed E-state index contributed by atoms with van der Waals surface area (Å²) in [5.74, 6) is 0.952. The molecule has 0 aliphatic carbocycles. The van der Waals surface area contributed by atoms with E-state index < -0.39 is 10.0 Å². The zero-order valence-electron chi connectivity index (χ0n) is 11.5. The van der Waals surface area contributed by atoms with Gasteiger partial charge in [-0.3, -0.25) is 5.10 Å². The zero-order valence-corrected chi connectivity index (χ0v) is 12.3. The molecule has 110 valence electrons. The molecule has 9 heteroatoms. The smallest absolute Gasteiger partial charge is 0.244 e. The van der Waals surface area contributed by atoms with Crippen LogP contribution >= 0.6 is 0 Å². The van der Waals surface area contributed by atoms with E-state index in [1.54, 1.807) is 6.92 Å². The number of benzene rings is 1. The second-order valence-electron chi connectivity index (χ2n) is 4.47. The van der Waals surface area contributed by atoms with Crippen LogP contribution in [0.1, 0.15) is 17.2 Å². The molecule has 0 atom stereocenters. The summed E-state index contributed by atoms with van der Waals surface area (Å²) < 4.78 is 26.1. The van der Waals surface area contributed by atoms with Crippen LogP contribution in [-0.4, -0.2) is 35.0 Å². The first-order valence-corrected chi connectivity index (χ1v) is 7.42. The average Bonchev–Trinajstić information content (AvgIpc) is 2.83. The van der Waals surface area contributed by atoms with Gasteiger partial charge in [0.25, 0.3) is 0 Å². The summed E-state index contributed by atoms with van der Waals surface area (Å²) in [6.07, 6.45) is 0. The minimum atomic E-state index is -3.83. The summed E-state index contributed by atoms with van der Waals surface area (Å²) in [6.45, 7) is 1.72. The average molecular weight is 306 g/mol. The van der Waals surface area contributed by atoms with Crippen LogP contribution in [-0.2, 0) is 16.6 Å². The van der Waals surface area contributed by atoms with Gasteiger partial charge in [0.1, 0.15) is 16.8 Å². The van der Waals surface area contributed by atoms with Crippen molar-refractivity contribution >= 4 is 15.7 Å². The maximum absolute atomic E-state index is 12.5. The van der Waals surface area contributed by atoms with Crippen LogP contribution in [0.15, 0.2) is 23.1 Å². The number of aryl methyl sites for hydroxylation is 1. The molecule has 3 N–H and O–H groups in total. The van der Waals surface area contributed by atoms with Gasteiger partial charge in [0.2, 0.25) is 10.0 Å². The number of nitrogen functional groups attached to an aromatic ring is 1. The molecule has 0 bridgehead atoms. The summed E-state index contributed by atoms with van der Waals surface area (Å²) in [6, 6.07) is 5.94. The molecule has 2 rings (SSSR count). The van der Waals surface area contributed by atoms with Crippen molar-refractivity contribution in [1.29, 1.82) is 5.26 Å². The highest BCUT2D eigenvalue weighted by molar-refractivity contribution is 7.89. The van der Waals surface area contributed by atoms with Crippen LogP contribution in [0.25, 0.3) is 0 Å². The number of hydrogen-bond donors (Lipinski definition) is 2. The molecule has 0 fully saturated rings. The highest BCUT2D eigenvalue weighted by atomic mass is 32.2. The lowest BCUT2D eigenvalue weighted by Crippen LogP contribution is -2.27. The Labute approximate surface area is 122 Å². The Balaban J connectivity index is 2.35. The number of anilines is 1. The van der Waals surface area contributed by atoms with Crippen molar-refractivity contribution in [2.24, 2.45) is 0 Å². The summed E-state index contributed by atoms with van der Waals surface area (Å²) in [4.78, 5) is 3.97. The number of aromatic nitrogens is 3. The number of sulfonamides is 1. The second-order valence-corrected chi connectivity index (χ2v) is 6.48. The number of nitrogens with zero attached hydrogens (tertiary/aromatic N) is 4. The van der Waals surface area contributed by atoms with Crippen LogP contribution in [0.2, 0.25) is 0 Å². The van der Waals surface area contributed by atoms with Crippen molar-refractivity contribution in [3.8, 4) is 6.07 Å². The Hall–Kier alpha value is -2.44. The third-order valence-corrected chi connectivity index (χ3v) is 4.68. The summed E-state index contributed by atoms with van der Waals surface area (Å²) in [7, 11) is -2.42. The molecule has 1 aromatic heterocycles. The lowest BCUT2D eigenvalue weighted by Gasteiger charge is -2.16. The van der Waals surface area contributed by atoms with Gasteiger partial charge in [0.05, 0.1) is 12.1 Å². The number of H-pyrrole nitrogens is 1. The third-order valence-electron chi connectivity index (χ3n) is 2.82. The normalized spacial score (nSPS) is 11.5. The maximum atomic E-state index is 12.5. The number of aromatic amines is 1. The first-order chi connectivity index (χ1) is 9.84. The highest BCUT2D eigenvalue weighted by Crippen LogP contribution is 2.22. The van der Waals surface area contributed by atoms with E-state index in [0.29, 0.717) is 17.3 Å². The molecule has 0 aliphatic heterocycles. The maximum Gasteiger partial charge on any atom is 0.244 e. The molecule has 0 spiro atoms. The van der Waals surface area contributed by atoms with Gasteiger partial charge >= 0.3 is 0 Å². The highest BCUT2D eigenvalue weighted by Gasteiger charge is 2.25. The van der Waals surface area contributed by atoms with Crippen LogP contribution in [0, 0.1) is 18.3 Å². The van der Waals surface area contributed by atoms with Gasteiger partial charge in [0, 0.05) is 12.7 Å². The van der Waals surface area contributed by atoms with E-state index in [1.165, 1.54) is 25.2 Å². The van der Waals surface area contributed by atoms with Gasteiger partial charge < -0.3 is 5.73 Å². The van der Waals surface area contributed by atoms with Crippen LogP contribution in [0.3, 0.4) is 0 Å². The van der Waals surface area contributed by atoms with Crippen LogP contribution in [0.5, 0.6) is 0 Å². The zero-order chi connectivity index (χ0) is 15.6. The van der Waals surface area contributed by atoms with Crippen LogP contribution < -0.4 is 5.73 Å². The van der Waals surface area contributed by atoms with Crippen molar-refractivity contribution in [2.75, 3.05) is 12.8 Å². The Morgan fingerprint density at radius 1 is 1.48 bits per heavy atom. The van der Waals surface area contributed by atoms with Gasteiger partial charge in [-0.2, -0.15) is 14.7 Å². The number of nitrogens with two attached hydrogens (primary N) is 1. The van der Waals surface area contributed by atoms with E-state index >= 15 is 0 Å². The molecule has 0 aliphatic rings. The predicted octanol–water partition coefficient (Wildman–Crippen LogP) is 0.388. The molecule has 2 aromatic rings. The number of nitrogens with one attached hydrogen (secondary N) is 1. The number of nitriles is 1. The van der Waals surface area contributed by atoms with E-state index in [2.05, 4.69) is 15.2 Å². The molecule has 1 heterocycles. The number of rotatable bonds is 4. The molecule has 21 heavy (non-hydrogen) atoms. The first kappa shape index (κ1) is 15.0. The summed E-state index contributed by atoms with van der Waals surface area (Å²) in [5.41, 5.74) is 5.90. The molecular formula is C12H14N6O2S. The standard InChI is InChI=1S/C12H14N6O2S/c1-8-15-12(17-16-8)7-18(2)21(19,20)11-4-3-10(14)5-9(11)6-13/h3-5H,7,14H2,1-2H3,(H,15,16,17). The van der Waals surface area contributed by atoms with Crippen molar-refractivity contribution in [1.82, 2.24) is 19.5 Å². The van der Waals surface area contributed by atoms with Crippen molar-refractivity contribution in [3.63, 3.8) is 0 Å². The minimum absolute atomic E-state index is 0.00190. The molecule has 0 radical (unpaired) electrons. The topological polar surface area (TPSA) is 129 Å². The Kier molecular flexibility index (Phi) is 3.93. The summed E-state index contributed by atoms with van der Waals surface area (Å²) >= 11 is 0. The molecule has 0 saturated heterocycles. The van der Waals surface area contributed by atoms with E-state index in [4.69, 9.17) is 11.0 Å². The molecule has 0 saturated carbocycles. The van der Waals surface area contributed by atoms with Crippen molar-refractivity contribution in [3.05, 3.63) is 35.4 Å². The largest absolute Gasteiger partial charge is 0.399 e. The second kappa shape index (κ2) is 5.51. The van der Waals surface area contributed by atoms with E-state index in [9.17, 15) is 8.42 Å². The van der Waals surface area contributed by atoms with Gasteiger partial charge in [0.15, 0.2) is 5.82 Å². The van der Waals surface area contributed by atoms with Gasteiger partial charge in [-0.1, -0.05) is 0 Å². The lowest BCUT2D eigenvalue weighted by molar-refractivity contribution is 0.457. The molecule has 0 amide bonds. The van der Waals surface area contributed by atoms with Crippen LogP contribution in [0.4, 0.5) is 5.69 Å². The van der Waals surface area contributed by atoms with E-state index in [1.807, 2.05) is 6.07 Å². The minimum Gasteiger partial charge on any atom is -0.399 e. The molecule has 8 nitrogen and oxygen atoms in total. The van der Waals surface area contributed by atoms with Gasteiger partial charge in [-0.25, -0.2) is 13.4 Å². The summed E-state index contributed by atoms with van der Waals surface area (Å²) in [5, 5.41) is 15.6. The quantitative estimate of drug-likeness (QED) is 0.786. The predicted molar refractivity (Wildman–Crippen MR) is 75.3 cm³/mol.